The van der Waals surface area contributed by atoms with Gasteiger partial charge in [-0.1, -0.05) is 24.6 Å². The van der Waals surface area contributed by atoms with Crippen LogP contribution in [-0.2, 0) is 0 Å². The molecule has 0 spiro atoms. The van der Waals surface area contributed by atoms with Gasteiger partial charge in [-0.05, 0) is 18.1 Å². The van der Waals surface area contributed by atoms with Crippen LogP contribution < -0.4 is 5.32 Å². The molecule has 78 valence electrons. The Labute approximate surface area is 87.7 Å². The van der Waals surface area contributed by atoms with Crippen LogP contribution in [0.2, 0.25) is 5.02 Å². The summed E-state index contributed by atoms with van der Waals surface area (Å²) in [6.45, 7) is 2.56. The van der Waals surface area contributed by atoms with Gasteiger partial charge < -0.3 is 10.4 Å². The zero-order valence-electron chi connectivity index (χ0n) is 7.93. The second kappa shape index (κ2) is 5.17. The summed E-state index contributed by atoms with van der Waals surface area (Å²) in [6.07, 6.45) is 0. The summed E-state index contributed by atoms with van der Waals surface area (Å²) in [5.74, 6) is -0.317. The van der Waals surface area contributed by atoms with Crippen LogP contribution in [0.3, 0.4) is 0 Å². The van der Waals surface area contributed by atoms with Crippen LogP contribution in [0.4, 0.5) is 10.1 Å². The Morgan fingerprint density at radius 3 is 2.93 bits per heavy atom. The third-order valence-electron chi connectivity index (χ3n) is 1.90. The monoisotopic (exact) mass is 217 g/mol. The van der Waals surface area contributed by atoms with E-state index < -0.39 is 5.82 Å². The highest BCUT2D eigenvalue weighted by Crippen LogP contribution is 2.24. The summed E-state index contributed by atoms with van der Waals surface area (Å²) >= 11 is 5.72. The van der Waals surface area contributed by atoms with Gasteiger partial charge in [0.25, 0.3) is 0 Å². The molecule has 0 fully saturated rings. The van der Waals surface area contributed by atoms with Crippen molar-refractivity contribution in [1.82, 2.24) is 0 Å². The van der Waals surface area contributed by atoms with E-state index in [0.29, 0.717) is 12.2 Å². The summed E-state index contributed by atoms with van der Waals surface area (Å²) in [6, 6.07) is 4.60. The van der Waals surface area contributed by atoms with E-state index in [0.717, 1.165) is 0 Å². The predicted molar refractivity (Wildman–Crippen MR) is 56.1 cm³/mol. The molecular formula is C10H13ClFNO. The standard InChI is InChI=1S/C10H13ClFNO/c1-7(6-14)5-13-9-4-2-3-8(12)10(9)11/h2-4,7,13-14H,5-6H2,1H3. The van der Waals surface area contributed by atoms with Crippen LogP contribution in [0.25, 0.3) is 0 Å². The van der Waals surface area contributed by atoms with Crippen molar-refractivity contribution < 1.29 is 9.50 Å². The van der Waals surface area contributed by atoms with Crippen LogP contribution in [-0.4, -0.2) is 18.3 Å². The fourth-order valence-corrected chi connectivity index (χ4v) is 1.18. The minimum absolute atomic E-state index is 0.0950. The smallest absolute Gasteiger partial charge is 0.143 e. The van der Waals surface area contributed by atoms with E-state index >= 15 is 0 Å². The van der Waals surface area contributed by atoms with Gasteiger partial charge in [0.05, 0.1) is 10.7 Å². The average molecular weight is 218 g/mol. The topological polar surface area (TPSA) is 32.3 Å². The fraction of sp³-hybridized carbons (Fsp3) is 0.400. The molecule has 0 saturated carbocycles. The van der Waals surface area contributed by atoms with Crippen LogP contribution in [0, 0.1) is 11.7 Å². The van der Waals surface area contributed by atoms with Gasteiger partial charge in [-0.25, -0.2) is 4.39 Å². The predicted octanol–water partition coefficient (Wildman–Crippen LogP) is 2.52. The number of aliphatic hydroxyl groups is 1. The molecule has 0 saturated heterocycles. The number of anilines is 1. The van der Waals surface area contributed by atoms with Gasteiger partial charge in [0.15, 0.2) is 0 Å². The maximum atomic E-state index is 13.0. The van der Waals surface area contributed by atoms with E-state index in [1.54, 1.807) is 12.1 Å². The Bertz CT molecular complexity index is 306. The number of hydrogen-bond acceptors (Lipinski definition) is 2. The molecule has 14 heavy (non-hydrogen) atoms. The highest BCUT2D eigenvalue weighted by Gasteiger charge is 2.06. The van der Waals surface area contributed by atoms with Crippen molar-refractivity contribution in [2.24, 2.45) is 5.92 Å². The van der Waals surface area contributed by atoms with Gasteiger partial charge in [-0.15, -0.1) is 0 Å². The van der Waals surface area contributed by atoms with Crippen LogP contribution in [0.5, 0.6) is 0 Å². The van der Waals surface area contributed by atoms with E-state index in [4.69, 9.17) is 16.7 Å². The highest BCUT2D eigenvalue weighted by atomic mass is 35.5. The lowest BCUT2D eigenvalue weighted by molar-refractivity contribution is 0.244. The van der Waals surface area contributed by atoms with Gasteiger partial charge in [0.1, 0.15) is 5.82 Å². The minimum Gasteiger partial charge on any atom is -0.396 e. The van der Waals surface area contributed by atoms with Crippen molar-refractivity contribution in [3.05, 3.63) is 29.0 Å². The molecule has 0 bridgehead atoms. The molecule has 0 heterocycles. The molecule has 1 aromatic carbocycles. The van der Waals surface area contributed by atoms with Crippen molar-refractivity contribution in [1.29, 1.82) is 0 Å². The first kappa shape index (κ1) is 11.3. The molecule has 0 radical (unpaired) electrons. The highest BCUT2D eigenvalue weighted by molar-refractivity contribution is 6.33. The fourth-order valence-electron chi connectivity index (χ4n) is 0.989. The van der Waals surface area contributed by atoms with Gasteiger partial charge in [-0.3, -0.25) is 0 Å². The van der Waals surface area contributed by atoms with E-state index in [1.165, 1.54) is 6.07 Å². The van der Waals surface area contributed by atoms with Crippen molar-refractivity contribution >= 4 is 17.3 Å². The molecule has 2 N–H and O–H groups in total. The maximum absolute atomic E-state index is 13.0. The van der Waals surface area contributed by atoms with Gasteiger partial charge >= 0.3 is 0 Å². The number of benzene rings is 1. The number of hydrogen-bond donors (Lipinski definition) is 2. The number of rotatable bonds is 4. The Morgan fingerprint density at radius 2 is 2.29 bits per heavy atom. The van der Waals surface area contributed by atoms with E-state index in [-0.39, 0.29) is 17.5 Å². The Hall–Kier alpha value is -0.800. The molecule has 4 heteroatoms. The SMILES string of the molecule is CC(CO)CNc1cccc(F)c1Cl. The second-order valence-electron chi connectivity index (χ2n) is 3.27. The lowest BCUT2D eigenvalue weighted by Gasteiger charge is -2.12. The molecule has 0 aromatic heterocycles. The van der Waals surface area contributed by atoms with Crippen LogP contribution in [0.1, 0.15) is 6.92 Å². The summed E-state index contributed by atoms with van der Waals surface area (Å²) in [5.41, 5.74) is 0.562. The number of nitrogens with one attached hydrogen (secondary N) is 1. The Balaban J connectivity index is 2.63. The summed E-state index contributed by atoms with van der Waals surface area (Å²) < 4.78 is 13.0. The Morgan fingerprint density at radius 1 is 1.57 bits per heavy atom. The summed E-state index contributed by atoms with van der Waals surface area (Å²) in [5, 5.41) is 11.9. The molecule has 1 rings (SSSR count). The van der Waals surface area contributed by atoms with E-state index in [9.17, 15) is 4.39 Å². The van der Waals surface area contributed by atoms with Crippen molar-refractivity contribution in [3.8, 4) is 0 Å². The average Bonchev–Trinajstić information content (AvgIpc) is 2.20. The molecule has 0 aliphatic heterocycles. The normalized spacial score (nSPS) is 12.6. The molecule has 0 amide bonds. The first-order valence-corrected chi connectivity index (χ1v) is 4.81. The summed E-state index contributed by atoms with van der Waals surface area (Å²) in [7, 11) is 0. The van der Waals surface area contributed by atoms with Gasteiger partial charge in [-0.2, -0.15) is 0 Å². The van der Waals surface area contributed by atoms with Crippen molar-refractivity contribution in [2.45, 2.75) is 6.92 Å². The molecule has 1 unspecified atom stereocenters. The summed E-state index contributed by atoms with van der Waals surface area (Å²) in [4.78, 5) is 0. The molecule has 0 aliphatic carbocycles. The van der Waals surface area contributed by atoms with E-state index in [1.807, 2.05) is 6.92 Å². The minimum atomic E-state index is -0.437. The second-order valence-corrected chi connectivity index (χ2v) is 3.65. The zero-order chi connectivity index (χ0) is 10.6. The third-order valence-corrected chi connectivity index (χ3v) is 2.29. The lowest BCUT2D eigenvalue weighted by atomic mass is 10.2. The number of halogens is 2. The van der Waals surface area contributed by atoms with Crippen molar-refractivity contribution in [3.63, 3.8) is 0 Å². The largest absolute Gasteiger partial charge is 0.396 e. The van der Waals surface area contributed by atoms with Gasteiger partial charge in [0.2, 0.25) is 0 Å². The third kappa shape index (κ3) is 2.86. The molecule has 1 aromatic rings. The van der Waals surface area contributed by atoms with E-state index in [2.05, 4.69) is 5.32 Å². The van der Waals surface area contributed by atoms with Gasteiger partial charge in [0, 0.05) is 13.2 Å². The van der Waals surface area contributed by atoms with Crippen LogP contribution >= 0.6 is 11.6 Å². The first-order chi connectivity index (χ1) is 6.65. The molecular weight excluding hydrogens is 205 g/mol. The molecule has 0 aliphatic rings. The molecule has 1 atom stereocenters. The molecule has 2 nitrogen and oxygen atoms in total. The number of aliphatic hydroxyl groups excluding tert-OH is 1. The zero-order valence-corrected chi connectivity index (χ0v) is 8.68. The first-order valence-electron chi connectivity index (χ1n) is 4.44. The Kier molecular flexibility index (Phi) is 4.17. The maximum Gasteiger partial charge on any atom is 0.143 e. The lowest BCUT2D eigenvalue weighted by Crippen LogP contribution is -2.14. The quantitative estimate of drug-likeness (QED) is 0.813. The van der Waals surface area contributed by atoms with Crippen molar-refractivity contribution in [2.75, 3.05) is 18.5 Å². The van der Waals surface area contributed by atoms with Crippen LogP contribution in [0.15, 0.2) is 18.2 Å².